The smallest absolute Gasteiger partial charge is 0.267 e. The average Bonchev–Trinajstić information content (AvgIpc) is 2.85. The summed E-state index contributed by atoms with van der Waals surface area (Å²) in [4.78, 5) is 20.2. The van der Waals surface area contributed by atoms with Gasteiger partial charge in [-0.1, -0.05) is 32.1 Å². The standard InChI is InChI=1S/C18H25N3O/c1-12-10-14-11-16(21-17(14)19-13(12)2)18(22)20-15-8-6-4-3-5-7-9-15/h10-11,15H,3-9H2,1-2H3,(H,19,21)(H,20,22). The molecule has 1 fully saturated rings. The SMILES string of the molecule is Cc1cc2cc(C(=O)NC3CCCCCCC3)[nH]c2nc1C. The number of nitrogens with zero attached hydrogens (tertiary/aromatic N) is 1. The minimum absolute atomic E-state index is 0.00104. The fourth-order valence-corrected chi connectivity index (χ4v) is 3.24. The Morgan fingerprint density at radius 2 is 1.82 bits per heavy atom. The topological polar surface area (TPSA) is 57.8 Å². The third-order valence-electron chi connectivity index (χ3n) is 4.73. The van der Waals surface area contributed by atoms with Crippen LogP contribution >= 0.6 is 0 Å². The van der Waals surface area contributed by atoms with Gasteiger partial charge in [-0.3, -0.25) is 4.79 Å². The Morgan fingerprint density at radius 3 is 2.55 bits per heavy atom. The highest BCUT2D eigenvalue weighted by Gasteiger charge is 2.17. The van der Waals surface area contributed by atoms with E-state index in [4.69, 9.17) is 0 Å². The molecule has 0 unspecified atom stereocenters. The van der Waals surface area contributed by atoms with E-state index in [1.165, 1.54) is 32.1 Å². The molecular weight excluding hydrogens is 274 g/mol. The monoisotopic (exact) mass is 299 g/mol. The largest absolute Gasteiger partial charge is 0.348 e. The van der Waals surface area contributed by atoms with Crippen LogP contribution in [0.2, 0.25) is 0 Å². The number of hydrogen-bond acceptors (Lipinski definition) is 2. The van der Waals surface area contributed by atoms with Crippen LogP contribution in [0.1, 0.15) is 66.7 Å². The Hall–Kier alpha value is -1.84. The molecule has 3 rings (SSSR count). The number of hydrogen-bond donors (Lipinski definition) is 2. The molecule has 1 aliphatic carbocycles. The van der Waals surface area contributed by atoms with E-state index in [2.05, 4.69) is 21.4 Å². The summed E-state index contributed by atoms with van der Waals surface area (Å²) >= 11 is 0. The van der Waals surface area contributed by atoms with E-state index in [9.17, 15) is 4.79 Å². The van der Waals surface area contributed by atoms with Gasteiger partial charge in [0.05, 0.1) is 0 Å². The normalized spacial score (nSPS) is 17.2. The first-order valence-electron chi connectivity index (χ1n) is 8.41. The van der Waals surface area contributed by atoms with Crippen molar-refractivity contribution in [2.45, 2.75) is 64.8 Å². The Balaban J connectivity index is 1.73. The second kappa shape index (κ2) is 6.51. The van der Waals surface area contributed by atoms with Crippen LogP contribution < -0.4 is 5.32 Å². The van der Waals surface area contributed by atoms with Gasteiger partial charge in [0, 0.05) is 17.1 Å². The van der Waals surface area contributed by atoms with Crippen LogP contribution in [-0.2, 0) is 0 Å². The lowest BCUT2D eigenvalue weighted by Crippen LogP contribution is -2.35. The van der Waals surface area contributed by atoms with Crippen LogP contribution in [0.4, 0.5) is 0 Å². The Labute approximate surface area is 131 Å². The van der Waals surface area contributed by atoms with Gasteiger partial charge in [0.25, 0.3) is 5.91 Å². The summed E-state index contributed by atoms with van der Waals surface area (Å²) in [5.41, 5.74) is 3.57. The van der Waals surface area contributed by atoms with Crippen molar-refractivity contribution < 1.29 is 4.79 Å². The number of pyridine rings is 1. The first kappa shape index (κ1) is 15.1. The third kappa shape index (κ3) is 3.32. The summed E-state index contributed by atoms with van der Waals surface area (Å²) in [7, 11) is 0. The number of carbonyl (C=O) groups is 1. The molecule has 2 aromatic rings. The summed E-state index contributed by atoms with van der Waals surface area (Å²) in [5.74, 6) is -0.00104. The van der Waals surface area contributed by atoms with Crippen LogP contribution in [0.3, 0.4) is 0 Å². The Morgan fingerprint density at radius 1 is 1.14 bits per heavy atom. The molecule has 0 aliphatic heterocycles. The maximum Gasteiger partial charge on any atom is 0.267 e. The molecule has 2 N–H and O–H groups in total. The molecule has 0 aromatic carbocycles. The van der Waals surface area contributed by atoms with Crippen LogP contribution in [0.15, 0.2) is 12.1 Å². The van der Waals surface area contributed by atoms with E-state index < -0.39 is 0 Å². The van der Waals surface area contributed by atoms with Crippen molar-refractivity contribution in [3.05, 3.63) is 29.1 Å². The van der Waals surface area contributed by atoms with Crippen molar-refractivity contribution in [3.8, 4) is 0 Å². The summed E-state index contributed by atoms with van der Waals surface area (Å²) in [5, 5.41) is 4.20. The number of carbonyl (C=O) groups excluding carboxylic acids is 1. The number of aromatic amines is 1. The quantitative estimate of drug-likeness (QED) is 0.880. The van der Waals surface area contributed by atoms with Crippen molar-refractivity contribution >= 4 is 16.9 Å². The number of nitrogens with one attached hydrogen (secondary N) is 2. The number of aryl methyl sites for hydroxylation is 2. The summed E-state index contributed by atoms with van der Waals surface area (Å²) in [6.45, 7) is 4.03. The van der Waals surface area contributed by atoms with Crippen molar-refractivity contribution in [2.24, 2.45) is 0 Å². The maximum atomic E-state index is 12.5. The zero-order valence-electron chi connectivity index (χ0n) is 13.5. The number of amides is 1. The molecule has 0 radical (unpaired) electrons. The Bertz CT molecular complexity index is 627. The van der Waals surface area contributed by atoms with E-state index in [1.807, 2.05) is 19.9 Å². The first-order valence-corrected chi connectivity index (χ1v) is 8.41. The summed E-state index contributed by atoms with van der Waals surface area (Å²) < 4.78 is 0. The van der Waals surface area contributed by atoms with Gasteiger partial charge in [0.2, 0.25) is 0 Å². The van der Waals surface area contributed by atoms with Gasteiger partial charge in [-0.15, -0.1) is 0 Å². The van der Waals surface area contributed by atoms with Gasteiger partial charge in [0.1, 0.15) is 11.3 Å². The average molecular weight is 299 g/mol. The molecule has 1 amide bonds. The van der Waals surface area contributed by atoms with Crippen molar-refractivity contribution in [1.29, 1.82) is 0 Å². The molecular formula is C18H25N3O. The van der Waals surface area contributed by atoms with Crippen LogP contribution in [0.25, 0.3) is 11.0 Å². The molecule has 1 aliphatic rings. The number of H-pyrrole nitrogens is 1. The zero-order chi connectivity index (χ0) is 15.5. The van der Waals surface area contributed by atoms with E-state index in [0.717, 1.165) is 35.1 Å². The molecule has 0 spiro atoms. The van der Waals surface area contributed by atoms with Crippen LogP contribution in [-0.4, -0.2) is 21.9 Å². The van der Waals surface area contributed by atoms with Crippen molar-refractivity contribution in [3.63, 3.8) is 0 Å². The molecule has 4 nitrogen and oxygen atoms in total. The summed E-state index contributed by atoms with van der Waals surface area (Å²) in [6.07, 6.45) is 8.57. The second-order valence-electron chi connectivity index (χ2n) is 6.53. The van der Waals surface area contributed by atoms with E-state index >= 15 is 0 Å². The Kier molecular flexibility index (Phi) is 4.46. The molecule has 4 heteroatoms. The van der Waals surface area contributed by atoms with Gasteiger partial charge in [0.15, 0.2) is 0 Å². The highest BCUT2D eigenvalue weighted by molar-refractivity contribution is 5.97. The predicted octanol–water partition coefficient (Wildman–Crippen LogP) is 4.02. The molecule has 0 saturated heterocycles. The molecule has 0 bridgehead atoms. The van der Waals surface area contributed by atoms with Crippen molar-refractivity contribution in [1.82, 2.24) is 15.3 Å². The van der Waals surface area contributed by atoms with Crippen LogP contribution in [0, 0.1) is 13.8 Å². The lowest BCUT2D eigenvalue weighted by molar-refractivity contribution is 0.0926. The van der Waals surface area contributed by atoms with Gasteiger partial charge in [-0.05, 0) is 44.4 Å². The lowest BCUT2D eigenvalue weighted by atomic mass is 9.96. The number of aromatic nitrogens is 2. The maximum absolute atomic E-state index is 12.5. The van der Waals surface area contributed by atoms with E-state index in [-0.39, 0.29) is 5.91 Å². The summed E-state index contributed by atoms with van der Waals surface area (Å²) in [6, 6.07) is 4.31. The minimum atomic E-state index is -0.00104. The molecule has 0 atom stereocenters. The second-order valence-corrected chi connectivity index (χ2v) is 6.53. The number of fused-ring (bicyclic) bond motifs is 1. The van der Waals surface area contributed by atoms with Crippen molar-refractivity contribution in [2.75, 3.05) is 0 Å². The molecule has 2 aromatic heterocycles. The minimum Gasteiger partial charge on any atom is -0.348 e. The highest BCUT2D eigenvalue weighted by Crippen LogP contribution is 2.19. The fourth-order valence-electron chi connectivity index (χ4n) is 3.24. The lowest BCUT2D eigenvalue weighted by Gasteiger charge is -2.20. The fraction of sp³-hybridized carbons (Fsp3) is 0.556. The van der Waals surface area contributed by atoms with Gasteiger partial charge in [-0.25, -0.2) is 4.98 Å². The molecule has 1 saturated carbocycles. The zero-order valence-corrected chi connectivity index (χ0v) is 13.5. The molecule has 22 heavy (non-hydrogen) atoms. The van der Waals surface area contributed by atoms with Gasteiger partial charge >= 0.3 is 0 Å². The number of rotatable bonds is 2. The van der Waals surface area contributed by atoms with Crippen LogP contribution in [0.5, 0.6) is 0 Å². The van der Waals surface area contributed by atoms with Gasteiger partial charge < -0.3 is 10.3 Å². The van der Waals surface area contributed by atoms with E-state index in [0.29, 0.717) is 11.7 Å². The predicted molar refractivity (Wildman–Crippen MR) is 89.1 cm³/mol. The molecule has 2 heterocycles. The van der Waals surface area contributed by atoms with E-state index in [1.54, 1.807) is 0 Å². The third-order valence-corrected chi connectivity index (χ3v) is 4.73. The molecule has 118 valence electrons. The van der Waals surface area contributed by atoms with Gasteiger partial charge in [-0.2, -0.15) is 0 Å². The highest BCUT2D eigenvalue weighted by atomic mass is 16.1. The first-order chi connectivity index (χ1) is 10.6.